The van der Waals surface area contributed by atoms with Crippen LogP contribution in [0.4, 0.5) is 0 Å². The Morgan fingerprint density at radius 1 is 1.22 bits per heavy atom. The van der Waals surface area contributed by atoms with Crippen molar-refractivity contribution >= 4 is 0 Å². The summed E-state index contributed by atoms with van der Waals surface area (Å²) in [4.78, 5) is 2.55. The Morgan fingerprint density at radius 2 is 2.11 bits per heavy atom. The zero-order valence-corrected chi connectivity index (χ0v) is 5.84. The molecular weight excluding hydrogens is 110 g/mol. The van der Waals surface area contributed by atoms with Crippen molar-refractivity contribution in [1.82, 2.24) is 4.90 Å². The average molecular weight is 124 g/mol. The summed E-state index contributed by atoms with van der Waals surface area (Å²) >= 11 is 0. The van der Waals surface area contributed by atoms with Crippen molar-refractivity contribution in [3.63, 3.8) is 0 Å². The number of rotatable bonds is 0. The van der Waals surface area contributed by atoms with Crippen LogP contribution in [0.3, 0.4) is 0 Å². The largest absolute Gasteiger partial charge is 0.296 e. The predicted octanol–water partition coefficient (Wildman–Crippen LogP) is 1.80. The summed E-state index contributed by atoms with van der Waals surface area (Å²) in [5.41, 5.74) is 0. The fraction of sp³-hybridized carbons (Fsp3) is 0.875. The van der Waals surface area contributed by atoms with Gasteiger partial charge in [-0.05, 0) is 32.2 Å². The number of hydrogen-bond donors (Lipinski definition) is 0. The topological polar surface area (TPSA) is 3.24 Å². The Hall–Kier alpha value is -0.0400. The summed E-state index contributed by atoms with van der Waals surface area (Å²) in [5, 5.41) is 0. The molecule has 0 aliphatic carbocycles. The van der Waals surface area contributed by atoms with E-state index in [1.165, 1.54) is 38.6 Å². The minimum atomic E-state index is 0.943. The highest BCUT2D eigenvalue weighted by Gasteiger charge is 2.26. The molecule has 0 aromatic carbocycles. The van der Waals surface area contributed by atoms with Crippen LogP contribution in [0.5, 0.6) is 0 Å². The van der Waals surface area contributed by atoms with Crippen LogP contribution >= 0.6 is 0 Å². The van der Waals surface area contributed by atoms with E-state index in [0.29, 0.717) is 0 Å². The molecular formula is C8H14N. The molecule has 9 heavy (non-hydrogen) atoms. The molecule has 0 amide bonds. The van der Waals surface area contributed by atoms with E-state index >= 15 is 0 Å². The Labute approximate surface area is 57.0 Å². The Morgan fingerprint density at radius 3 is 3.00 bits per heavy atom. The van der Waals surface area contributed by atoms with Gasteiger partial charge in [-0.1, -0.05) is 6.42 Å². The van der Waals surface area contributed by atoms with Crippen LogP contribution in [0.1, 0.15) is 32.1 Å². The summed E-state index contributed by atoms with van der Waals surface area (Å²) in [6.07, 6.45) is 7.10. The summed E-state index contributed by atoms with van der Waals surface area (Å²) in [5.74, 6) is 0. The number of piperidine rings is 1. The lowest BCUT2D eigenvalue weighted by molar-refractivity contribution is 0.247. The van der Waals surface area contributed by atoms with Gasteiger partial charge in [0.15, 0.2) is 0 Å². The molecule has 1 heteroatoms. The molecule has 2 saturated heterocycles. The quantitative estimate of drug-likeness (QED) is 0.476. The maximum atomic E-state index is 2.55. The maximum Gasteiger partial charge on any atom is 0.0254 e. The van der Waals surface area contributed by atoms with Crippen molar-refractivity contribution in [1.29, 1.82) is 0 Å². The summed E-state index contributed by atoms with van der Waals surface area (Å²) < 4.78 is 0. The minimum absolute atomic E-state index is 0.943. The lowest BCUT2D eigenvalue weighted by atomic mass is 10.0. The summed E-state index contributed by atoms with van der Waals surface area (Å²) in [7, 11) is 0. The highest BCUT2D eigenvalue weighted by molar-refractivity contribution is 4.87. The van der Waals surface area contributed by atoms with Gasteiger partial charge in [0.25, 0.3) is 0 Å². The van der Waals surface area contributed by atoms with Gasteiger partial charge in [0.2, 0.25) is 0 Å². The Balaban J connectivity index is 1.97. The number of nitrogens with zero attached hydrogens (tertiary/aromatic N) is 1. The van der Waals surface area contributed by atoms with Crippen molar-refractivity contribution in [3.05, 3.63) is 6.54 Å². The molecule has 2 heterocycles. The molecule has 0 N–H and O–H groups in total. The number of hydrogen-bond acceptors (Lipinski definition) is 1. The number of fused-ring (bicyclic) bond motifs is 1. The van der Waals surface area contributed by atoms with Crippen LogP contribution in [-0.4, -0.2) is 17.5 Å². The molecule has 1 atom stereocenters. The molecule has 51 valence electrons. The molecule has 1 nitrogen and oxygen atoms in total. The first kappa shape index (κ1) is 5.72. The third-order valence-electron chi connectivity index (χ3n) is 2.53. The van der Waals surface area contributed by atoms with Crippen molar-refractivity contribution in [2.75, 3.05) is 6.54 Å². The van der Waals surface area contributed by atoms with E-state index in [-0.39, 0.29) is 0 Å². The maximum absolute atomic E-state index is 2.55. The van der Waals surface area contributed by atoms with Gasteiger partial charge in [0, 0.05) is 12.6 Å². The minimum Gasteiger partial charge on any atom is -0.296 e. The predicted molar refractivity (Wildman–Crippen MR) is 37.9 cm³/mol. The average Bonchev–Trinajstić information content (AvgIpc) is 2.33. The van der Waals surface area contributed by atoms with Gasteiger partial charge in [-0.3, -0.25) is 4.90 Å². The highest BCUT2D eigenvalue weighted by atomic mass is 15.2. The summed E-state index contributed by atoms with van der Waals surface area (Å²) in [6, 6.07) is 0.943. The van der Waals surface area contributed by atoms with Crippen LogP contribution in [0.2, 0.25) is 0 Å². The Bertz CT molecular complexity index is 88.7. The van der Waals surface area contributed by atoms with Crippen LogP contribution < -0.4 is 0 Å². The molecule has 2 fully saturated rings. The molecule has 0 spiro atoms. The molecule has 0 aromatic rings. The van der Waals surface area contributed by atoms with E-state index in [0.717, 1.165) is 6.04 Å². The normalized spacial score (nSPS) is 36.7. The second-order valence-electron chi connectivity index (χ2n) is 3.15. The first-order chi connectivity index (χ1) is 4.47. The molecule has 0 aromatic heterocycles. The molecule has 2 rings (SSSR count). The van der Waals surface area contributed by atoms with Gasteiger partial charge in [-0.2, -0.15) is 0 Å². The third-order valence-corrected chi connectivity index (χ3v) is 2.53. The monoisotopic (exact) mass is 124 g/mol. The van der Waals surface area contributed by atoms with Crippen LogP contribution in [0.25, 0.3) is 0 Å². The van der Waals surface area contributed by atoms with E-state index in [1.807, 2.05) is 0 Å². The van der Waals surface area contributed by atoms with E-state index in [4.69, 9.17) is 0 Å². The summed E-state index contributed by atoms with van der Waals surface area (Å²) in [6.45, 7) is 3.74. The van der Waals surface area contributed by atoms with Crippen LogP contribution in [0, 0.1) is 6.54 Å². The zero-order chi connectivity index (χ0) is 6.10. The van der Waals surface area contributed by atoms with Gasteiger partial charge in [0.05, 0.1) is 0 Å². The van der Waals surface area contributed by atoms with Crippen molar-refractivity contribution in [2.24, 2.45) is 0 Å². The van der Waals surface area contributed by atoms with Gasteiger partial charge in [-0.25, -0.2) is 0 Å². The van der Waals surface area contributed by atoms with Gasteiger partial charge < -0.3 is 0 Å². The zero-order valence-electron chi connectivity index (χ0n) is 5.84. The van der Waals surface area contributed by atoms with Gasteiger partial charge in [-0.15, -0.1) is 0 Å². The van der Waals surface area contributed by atoms with Gasteiger partial charge >= 0.3 is 0 Å². The highest BCUT2D eigenvalue weighted by Crippen LogP contribution is 2.28. The lowest BCUT2D eigenvalue weighted by Gasteiger charge is -2.28. The Kier molecular flexibility index (Phi) is 1.46. The first-order valence-electron chi connectivity index (χ1n) is 4.06. The molecule has 2 aliphatic heterocycles. The lowest BCUT2D eigenvalue weighted by Crippen LogP contribution is -2.30. The van der Waals surface area contributed by atoms with Crippen LogP contribution in [-0.2, 0) is 0 Å². The van der Waals surface area contributed by atoms with Gasteiger partial charge in [0.1, 0.15) is 0 Å². The molecule has 1 unspecified atom stereocenters. The van der Waals surface area contributed by atoms with Crippen molar-refractivity contribution in [3.8, 4) is 0 Å². The third kappa shape index (κ3) is 0.983. The van der Waals surface area contributed by atoms with E-state index in [1.54, 1.807) is 0 Å². The first-order valence-corrected chi connectivity index (χ1v) is 4.06. The molecule has 0 bridgehead atoms. The SMILES string of the molecule is [CH]1CCCC2CCCN12. The fourth-order valence-electron chi connectivity index (χ4n) is 2.02. The fourth-order valence-corrected chi connectivity index (χ4v) is 2.02. The van der Waals surface area contributed by atoms with E-state index in [2.05, 4.69) is 11.4 Å². The standard InChI is InChI=1S/C8H14N/c1-2-6-9-7-3-5-8(9)4-1/h6,8H,1-5,7H2. The molecule has 1 radical (unpaired) electrons. The van der Waals surface area contributed by atoms with Crippen molar-refractivity contribution < 1.29 is 0 Å². The second kappa shape index (κ2) is 2.30. The van der Waals surface area contributed by atoms with E-state index in [9.17, 15) is 0 Å². The van der Waals surface area contributed by atoms with Crippen LogP contribution in [0.15, 0.2) is 0 Å². The van der Waals surface area contributed by atoms with Crippen molar-refractivity contribution in [2.45, 2.75) is 38.1 Å². The smallest absolute Gasteiger partial charge is 0.0254 e. The molecule has 0 saturated carbocycles. The molecule has 2 aliphatic rings. The van der Waals surface area contributed by atoms with E-state index < -0.39 is 0 Å². The second-order valence-corrected chi connectivity index (χ2v) is 3.15.